The molecule has 0 spiro atoms. The lowest BCUT2D eigenvalue weighted by Crippen LogP contribution is -2.13. The van der Waals surface area contributed by atoms with Crippen molar-refractivity contribution >= 4 is 15.7 Å². The van der Waals surface area contributed by atoms with Gasteiger partial charge < -0.3 is 5.11 Å². The van der Waals surface area contributed by atoms with Crippen molar-refractivity contribution in [3.8, 4) is 11.8 Å². The zero-order valence-electron chi connectivity index (χ0n) is 11.4. The molecule has 0 atom stereocenters. The number of nitrogens with zero attached hydrogens (tertiary/aromatic N) is 1. The van der Waals surface area contributed by atoms with Gasteiger partial charge in [-0.05, 0) is 42.8 Å². The topological polar surface area (TPSA) is 79.3 Å². The number of aliphatic hydroxyl groups excluding tert-OH is 1. The largest absolute Gasteiger partial charge is 0.384 e. The van der Waals surface area contributed by atoms with Gasteiger partial charge in [-0.25, -0.2) is 8.42 Å². The molecular weight excluding hydrogens is 288 g/mol. The average Bonchev–Trinajstić information content (AvgIpc) is 2.48. The Hall–Kier alpha value is -2.36. The first-order chi connectivity index (χ1) is 10.0. The molecule has 0 aliphatic heterocycles. The van der Waals surface area contributed by atoms with Gasteiger partial charge in [0, 0.05) is 11.8 Å². The highest BCUT2D eigenvalue weighted by Crippen LogP contribution is 2.18. The van der Waals surface area contributed by atoms with Crippen LogP contribution in [0, 0.1) is 18.8 Å². The fourth-order valence-electron chi connectivity index (χ4n) is 1.63. The van der Waals surface area contributed by atoms with Crippen LogP contribution in [-0.2, 0) is 10.0 Å². The van der Waals surface area contributed by atoms with Crippen molar-refractivity contribution in [2.75, 3.05) is 11.3 Å². The normalized spacial score (nSPS) is 10.6. The Morgan fingerprint density at radius 1 is 1.24 bits per heavy atom. The number of sulfonamides is 1. The number of aromatic nitrogens is 1. The van der Waals surface area contributed by atoms with Crippen LogP contribution in [0.1, 0.15) is 11.1 Å². The van der Waals surface area contributed by atoms with Crippen molar-refractivity contribution in [1.82, 2.24) is 4.98 Å². The highest BCUT2D eigenvalue weighted by molar-refractivity contribution is 7.92. The van der Waals surface area contributed by atoms with Crippen LogP contribution in [0.3, 0.4) is 0 Å². The second-order valence-corrected chi connectivity index (χ2v) is 5.96. The van der Waals surface area contributed by atoms with Crippen molar-refractivity contribution in [3.63, 3.8) is 0 Å². The van der Waals surface area contributed by atoms with Crippen LogP contribution in [0.25, 0.3) is 0 Å². The zero-order valence-corrected chi connectivity index (χ0v) is 12.2. The lowest BCUT2D eigenvalue weighted by Gasteiger charge is -2.09. The molecule has 5 nitrogen and oxygen atoms in total. The van der Waals surface area contributed by atoms with E-state index in [1.807, 2.05) is 0 Å². The molecule has 1 heterocycles. The van der Waals surface area contributed by atoms with E-state index in [4.69, 9.17) is 5.11 Å². The molecule has 0 unspecified atom stereocenters. The Kier molecular flexibility index (Phi) is 4.58. The molecule has 0 aliphatic carbocycles. The molecule has 0 saturated carbocycles. The summed E-state index contributed by atoms with van der Waals surface area (Å²) in [6.07, 6.45) is 3.07. The first-order valence-corrected chi connectivity index (χ1v) is 7.64. The summed E-state index contributed by atoms with van der Waals surface area (Å²) in [6, 6.07) is 7.84. The number of aryl methyl sites for hydroxylation is 1. The summed E-state index contributed by atoms with van der Waals surface area (Å²) in [7, 11) is -3.66. The van der Waals surface area contributed by atoms with Gasteiger partial charge in [-0.1, -0.05) is 11.8 Å². The van der Waals surface area contributed by atoms with Crippen molar-refractivity contribution in [2.45, 2.75) is 11.8 Å². The predicted octanol–water partition coefficient (Wildman–Crippen LogP) is 1.53. The molecule has 1 aromatic carbocycles. The Morgan fingerprint density at radius 2 is 1.95 bits per heavy atom. The smallest absolute Gasteiger partial charge is 0.261 e. The molecule has 0 bridgehead atoms. The number of hydrogen-bond acceptors (Lipinski definition) is 4. The van der Waals surface area contributed by atoms with E-state index >= 15 is 0 Å². The standard InChI is InChI=1S/C15H14N2O3S/c1-12-8-9-16-11-15(12)17-21(19,20)14-6-4-13(5-7-14)3-2-10-18/h4-9,11,17-18H,10H2,1H3. The van der Waals surface area contributed by atoms with Gasteiger partial charge in [0.2, 0.25) is 0 Å². The lowest BCUT2D eigenvalue weighted by molar-refractivity contribution is 0.350. The molecule has 0 amide bonds. The van der Waals surface area contributed by atoms with E-state index in [1.54, 1.807) is 31.3 Å². The van der Waals surface area contributed by atoms with Crippen LogP contribution < -0.4 is 4.72 Å². The lowest BCUT2D eigenvalue weighted by atomic mass is 10.2. The van der Waals surface area contributed by atoms with Gasteiger partial charge in [-0.15, -0.1) is 0 Å². The van der Waals surface area contributed by atoms with Crippen LogP contribution in [0.5, 0.6) is 0 Å². The number of aliphatic hydroxyl groups is 1. The SMILES string of the molecule is Cc1ccncc1NS(=O)(=O)c1ccc(C#CCO)cc1. The third-order valence-electron chi connectivity index (χ3n) is 2.76. The maximum absolute atomic E-state index is 12.3. The monoisotopic (exact) mass is 302 g/mol. The molecule has 0 fully saturated rings. The summed E-state index contributed by atoms with van der Waals surface area (Å²) >= 11 is 0. The van der Waals surface area contributed by atoms with E-state index in [-0.39, 0.29) is 11.5 Å². The highest BCUT2D eigenvalue weighted by atomic mass is 32.2. The third kappa shape index (κ3) is 3.81. The van der Waals surface area contributed by atoms with Gasteiger partial charge in [-0.2, -0.15) is 0 Å². The van der Waals surface area contributed by atoms with E-state index in [9.17, 15) is 8.42 Å². The minimum Gasteiger partial charge on any atom is -0.384 e. The summed E-state index contributed by atoms with van der Waals surface area (Å²) in [6.45, 7) is 1.56. The molecule has 0 radical (unpaired) electrons. The first kappa shape index (κ1) is 15.0. The molecule has 2 aromatic rings. The Labute approximate surface area is 123 Å². The Balaban J connectivity index is 2.26. The van der Waals surface area contributed by atoms with Gasteiger partial charge in [0.15, 0.2) is 0 Å². The number of hydrogen-bond donors (Lipinski definition) is 2. The zero-order chi connectivity index (χ0) is 15.3. The molecular formula is C15H14N2O3S. The molecule has 0 saturated heterocycles. The van der Waals surface area contributed by atoms with E-state index in [2.05, 4.69) is 21.5 Å². The predicted molar refractivity (Wildman–Crippen MR) is 80.2 cm³/mol. The summed E-state index contributed by atoms with van der Waals surface area (Å²) < 4.78 is 27.0. The van der Waals surface area contributed by atoms with Crippen LogP contribution in [0.15, 0.2) is 47.6 Å². The minimum atomic E-state index is -3.66. The van der Waals surface area contributed by atoms with Crippen LogP contribution >= 0.6 is 0 Å². The molecule has 1 aromatic heterocycles. The summed E-state index contributed by atoms with van der Waals surface area (Å²) in [4.78, 5) is 4.04. The van der Waals surface area contributed by atoms with E-state index in [1.165, 1.54) is 18.3 Å². The number of benzene rings is 1. The molecule has 2 N–H and O–H groups in total. The van der Waals surface area contributed by atoms with E-state index in [0.29, 0.717) is 11.3 Å². The fourth-order valence-corrected chi connectivity index (χ4v) is 2.75. The third-order valence-corrected chi connectivity index (χ3v) is 4.14. The second kappa shape index (κ2) is 6.39. The summed E-state index contributed by atoms with van der Waals surface area (Å²) in [5.41, 5.74) is 1.88. The molecule has 108 valence electrons. The quantitative estimate of drug-likeness (QED) is 0.843. The first-order valence-electron chi connectivity index (χ1n) is 6.16. The maximum atomic E-state index is 12.3. The molecule has 21 heavy (non-hydrogen) atoms. The average molecular weight is 302 g/mol. The number of nitrogens with one attached hydrogen (secondary N) is 1. The van der Waals surface area contributed by atoms with Crippen molar-refractivity contribution in [2.24, 2.45) is 0 Å². The molecule has 6 heteroatoms. The maximum Gasteiger partial charge on any atom is 0.261 e. The van der Waals surface area contributed by atoms with Crippen molar-refractivity contribution in [3.05, 3.63) is 53.9 Å². The fraction of sp³-hybridized carbons (Fsp3) is 0.133. The van der Waals surface area contributed by atoms with Gasteiger partial charge in [0.25, 0.3) is 10.0 Å². The van der Waals surface area contributed by atoms with E-state index < -0.39 is 10.0 Å². The summed E-state index contributed by atoms with van der Waals surface area (Å²) in [5, 5.41) is 8.62. The molecule has 0 aliphatic rings. The Morgan fingerprint density at radius 3 is 2.57 bits per heavy atom. The number of rotatable bonds is 3. The van der Waals surface area contributed by atoms with Crippen molar-refractivity contribution in [1.29, 1.82) is 0 Å². The van der Waals surface area contributed by atoms with Crippen LogP contribution in [0.2, 0.25) is 0 Å². The number of anilines is 1. The van der Waals surface area contributed by atoms with Crippen molar-refractivity contribution < 1.29 is 13.5 Å². The van der Waals surface area contributed by atoms with Crippen LogP contribution in [0.4, 0.5) is 5.69 Å². The summed E-state index contributed by atoms with van der Waals surface area (Å²) in [5.74, 6) is 5.21. The van der Waals surface area contributed by atoms with Crippen LogP contribution in [-0.4, -0.2) is 25.1 Å². The van der Waals surface area contributed by atoms with Gasteiger partial charge in [0.1, 0.15) is 6.61 Å². The molecule has 2 rings (SSSR count). The Bertz CT molecular complexity index is 788. The second-order valence-electron chi connectivity index (χ2n) is 4.28. The number of pyridine rings is 1. The van der Waals surface area contributed by atoms with Gasteiger partial charge in [0.05, 0.1) is 16.8 Å². The minimum absolute atomic E-state index is 0.139. The van der Waals surface area contributed by atoms with E-state index in [0.717, 1.165) is 5.56 Å². The highest BCUT2D eigenvalue weighted by Gasteiger charge is 2.14. The van der Waals surface area contributed by atoms with Gasteiger partial charge >= 0.3 is 0 Å². The van der Waals surface area contributed by atoms with Gasteiger partial charge in [-0.3, -0.25) is 9.71 Å².